The first kappa shape index (κ1) is 20.9. The summed E-state index contributed by atoms with van der Waals surface area (Å²) in [6.07, 6.45) is 4.36. The molecule has 4 aromatic rings. The molecule has 0 fully saturated rings. The van der Waals surface area contributed by atoms with E-state index >= 15 is 0 Å². The third kappa shape index (κ3) is 4.72. The van der Waals surface area contributed by atoms with Crippen LogP contribution in [0.4, 0.5) is 0 Å². The summed E-state index contributed by atoms with van der Waals surface area (Å²) in [5, 5.41) is 1.85. The number of H-pyrrole nitrogens is 1. The fourth-order valence-corrected chi connectivity index (χ4v) is 3.61. The van der Waals surface area contributed by atoms with Gasteiger partial charge in [-0.2, -0.15) is 0 Å². The monoisotopic (exact) mass is 420 g/mol. The maximum atomic E-state index is 6.09. The lowest BCUT2D eigenvalue weighted by Crippen LogP contribution is -2.25. The minimum atomic E-state index is 0.478. The number of hydrogen-bond donors (Lipinski definition) is 1. The molecule has 162 valence electrons. The molecule has 0 aliphatic rings. The molecule has 0 radical (unpaired) electrons. The smallest absolute Gasteiger partial charge is 0.230 e. The quantitative estimate of drug-likeness (QED) is 0.363. The van der Waals surface area contributed by atoms with Gasteiger partial charge in [0.1, 0.15) is 12.1 Å². The van der Waals surface area contributed by atoms with Crippen molar-refractivity contribution in [2.45, 2.75) is 20.3 Å². The summed E-state index contributed by atoms with van der Waals surface area (Å²) >= 11 is 0. The summed E-state index contributed by atoms with van der Waals surface area (Å²) in [4.78, 5) is 14.3. The predicted octanol–water partition coefficient (Wildman–Crippen LogP) is 5.02. The number of nitrogens with one attached hydrogen (secondary N) is 1. The van der Waals surface area contributed by atoms with Gasteiger partial charge in [0.2, 0.25) is 5.88 Å². The third-order valence-electron chi connectivity index (χ3n) is 5.39. The highest BCUT2D eigenvalue weighted by Gasteiger charge is 2.13. The van der Waals surface area contributed by atoms with Gasteiger partial charge in [-0.25, -0.2) is 9.97 Å². The van der Waals surface area contributed by atoms with Crippen molar-refractivity contribution in [1.82, 2.24) is 19.9 Å². The van der Waals surface area contributed by atoms with Crippen LogP contribution >= 0.6 is 0 Å². The summed E-state index contributed by atoms with van der Waals surface area (Å²) in [5.74, 6) is 2.50. The van der Waals surface area contributed by atoms with Gasteiger partial charge >= 0.3 is 0 Å². The van der Waals surface area contributed by atoms with Crippen LogP contribution in [-0.4, -0.2) is 53.2 Å². The maximum absolute atomic E-state index is 6.09. The molecule has 0 unspecified atom stereocenters. The highest BCUT2D eigenvalue weighted by molar-refractivity contribution is 5.87. The van der Waals surface area contributed by atoms with Crippen molar-refractivity contribution in [3.8, 4) is 23.1 Å². The molecule has 0 atom stereocenters. The highest BCUT2D eigenvalue weighted by atomic mass is 16.5. The Kier molecular flexibility index (Phi) is 6.52. The molecule has 2 heterocycles. The lowest BCUT2D eigenvalue weighted by atomic mass is 10.2. The molecule has 1 N–H and O–H groups in total. The minimum absolute atomic E-state index is 0.478. The molecule has 7 heteroatoms. The van der Waals surface area contributed by atoms with Crippen LogP contribution in [0, 0.1) is 0 Å². The SMILES string of the molecule is CCN(CC)CCCOc1cc2ncnc(Oc3ccc4[nH]ccc4c3)c2cc1OC. The zero-order valence-corrected chi connectivity index (χ0v) is 18.2. The largest absolute Gasteiger partial charge is 0.493 e. The van der Waals surface area contributed by atoms with Crippen molar-refractivity contribution in [1.29, 1.82) is 0 Å². The molecule has 0 aliphatic carbocycles. The van der Waals surface area contributed by atoms with Crippen molar-refractivity contribution >= 4 is 21.8 Å². The summed E-state index contributed by atoms with van der Waals surface area (Å²) in [6.45, 7) is 8.07. The van der Waals surface area contributed by atoms with E-state index in [9.17, 15) is 0 Å². The number of aromatic amines is 1. The van der Waals surface area contributed by atoms with Crippen LogP contribution in [0.2, 0.25) is 0 Å². The van der Waals surface area contributed by atoms with Gasteiger partial charge in [0.15, 0.2) is 11.5 Å². The molecular weight excluding hydrogens is 392 g/mol. The summed E-state index contributed by atoms with van der Waals surface area (Å²) in [6, 6.07) is 11.6. The Morgan fingerprint density at radius 2 is 1.87 bits per heavy atom. The van der Waals surface area contributed by atoms with Gasteiger partial charge in [-0.3, -0.25) is 0 Å². The number of fused-ring (bicyclic) bond motifs is 2. The Labute approximate surface area is 182 Å². The second-order valence-corrected chi connectivity index (χ2v) is 7.26. The predicted molar refractivity (Wildman–Crippen MR) is 122 cm³/mol. The van der Waals surface area contributed by atoms with Gasteiger partial charge in [-0.15, -0.1) is 0 Å². The van der Waals surface area contributed by atoms with E-state index in [1.165, 1.54) is 6.33 Å². The number of rotatable bonds is 10. The van der Waals surface area contributed by atoms with Crippen LogP contribution in [0.25, 0.3) is 21.8 Å². The van der Waals surface area contributed by atoms with E-state index < -0.39 is 0 Å². The molecular formula is C24H28N4O3. The number of hydrogen-bond acceptors (Lipinski definition) is 6. The minimum Gasteiger partial charge on any atom is -0.493 e. The van der Waals surface area contributed by atoms with Gasteiger partial charge in [0.05, 0.1) is 24.6 Å². The lowest BCUT2D eigenvalue weighted by molar-refractivity contribution is 0.243. The molecule has 0 spiro atoms. The first-order valence-electron chi connectivity index (χ1n) is 10.6. The van der Waals surface area contributed by atoms with Crippen molar-refractivity contribution in [3.63, 3.8) is 0 Å². The van der Waals surface area contributed by atoms with Crippen LogP contribution in [0.1, 0.15) is 20.3 Å². The average molecular weight is 421 g/mol. The second-order valence-electron chi connectivity index (χ2n) is 7.26. The number of methoxy groups -OCH3 is 1. The Morgan fingerprint density at radius 1 is 1.00 bits per heavy atom. The molecule has 2 aromatic carbocycles. The number of benzene rings is 2. The number of ether oxygens (including phenoxy) is 3. The van der Waals surface area contributed by atoms with Crippen LogP contribution in [-0.2, 0) is 0 Å². The van der Waals surface area contributed by atoms with Crippen molar-refractivity contribution < 1.29 is 14.2 Å². The van der Waals surface area contributed by atoms with Gasteiger partial charge in [0.25, 0.3) is 0 Å². The van der Waals surface area contributed by atoms with E-state index in [1.807, 2.05) is 42.6 Å². The lowest BCUT2D eigenvalue weighted by Gasteiger charge is -2.18. The van der Waals surface area contributed by atoms with E-state index in [0.29, 0.717) is 29.7 Å². The second kappa shape index (κ2) is 9.66. The van der Waals surface area contributed by atoms with Gasteiger partial charge < -0.3 is 24.1 Å². The van der Waals surface area contributed by atoms with Crippen LogP contribution in [0.5, 0.6) is 23.1 Å². The zero-order valence-electron chi connectivity index (χ0n) is 18.2. The van der Waals surface area contributed by atoms with Crippen LogP contribution < -0.4 is 14.2 Å². The van der Waals surface area contributed by atoms with Gasteiger partial charge in [-0.1, -0.05) is 13.8 Å². The molecule has 31 heavy (non-hydrogen) atoms. The molecule has 0 amide bonds. The fourth-order valence-electron chi connectivity index (χ4n) is 3.61. The summed E-state index contributed by atoms with van der Waals surface area (Å²) < 4.78 is 17.7. The Balaban J connectivity index is 1.54. The molecule has 4 rings (SSSR count). The van der Waals surface area contributed by atoms with E-state index in [0.717, 1.165) is 47.9 Å². The topological polar surface area (TPSA) is 72.5 Å². The average Bonchev–Trinajstić information content (AvgIpc) is 3.27. The van der Waals surface area contributed by atoms with E-state index in [4.69, 9.17) is 14.2 Å². The fraction of sp³-hybridized carbons (Fsp3) is 0.333. The Morgan fingerprint density at radius 3 is 2.68 bits per heavy atom. The molecule has 0 bridgehead atoms. The molecule has 7 nitrogen and oxygen atoms in total. The summed E-state index contributed by atoms with van der Waals surface area (Å²) in [7, 11) is 1.63. The van der Waals surface area contributed by atoms with E-state index in [2.05, 4.69) is 33.7 Å². The molecule has 0 aliphatic heterocycles. The third-order valence-corrected chi connectivity index (χ3v) is 5.39. The van der Waals surface area contributed by atoms with E-state index in [1.54, 1.807) is 7.11 Å². The molecule has 0 saturated carbocycles. The summed E-state index contributed by atoms with van der Waals surface area (Å²) in [5.41, 5.74) is 1.80. The molecule has 0 saturated heterocycles. The highest BCUT2D eigenvalue weighted by Crippen LogP contribution is 2.36. The van der Waals surface area contributed by atoms with Crippen molar-refractivity contribution in [2.75, 3.05) is 33.4 Å². The first-order valence-corrected chi connectivity index (χ1v) is 10.6. The van der Waals surface area contributed by atoms with Gasteiger partial charge in [-0.05, 0) is 49.8 Å². The molecule has 2 aromatic heterocycles. The number of nitrogens with zero attached hydrogens (tertiary/aromatic N) is 3. The Bertz CT molecular complexity index is 1150. The first-order chi connectivity index (χ1) is 15.2. The normalized spacial score (nSPS) is 11.4. The number of aromatic nitrogens is 3. The van der Waals surface area contributed by atoms with Crippen molar-refractivity contribution in [2.24, 2.45) is 0 Å². The van der Waals surface area contributed by atoms with Crippen molar-refractivity contribution in [3.05, 3.63) is 48.9 Å². The Hall–Kier alpha value is -3.32. The van der Waals surface area contributed by atoms with E-state index in [-0.39, 0.29) is 0 Å². The van der Waals surface area contributed by atoms with Gasteiger partial charge in [0, 0.05) is 29.7 Å². The van der Waals surface area contributed by atoms with Crippen LogP contribution in [0.15, 0.2) is 48.9 Å². The zero-order chi connectivity index (χ0) is 21.6. The van der Waals surface area contributed by atoms with Crippen LogP contribution in [0.3, 0.4) is 0 Å². The standard InChI is InChI=1S/C24H28N4O3/c1-4-28(5-2)11-6-12-30-23-15-21-19(14-22(23)29-3)24(27-16-26-21)31-18-7-8-20-17(13-18)9-10-25-20/h7-10,13-16,25H,4-6,11-12H2,1-3H3. The maximum Gasteiger partial charge on any atom is 0.230 e.